The highest BCUT2D eigenvalue weighted by molar-refractivity contribution is 7.92. The Morgan fingerprint density at radius 1 is 1.33 bits per heavy atom. The van der Waals surface area contributed by atoms with Crippen molar-refractivity contribution in [2.45, 2.75) is 19.8 Å². The van der Waals surface area contributed by atoms with Gasteiger partial charge in [0.05, 0.1) is 11.4 Å². The fourth-order valence-electron chi connectivity index (χ4n) is 2.26. The van der Waals surface area contributed by atoms with Crippen molar-refractivity contribution < 1.29 is 8.42 Å². The maximum Gasteiger partial charge on any atom is 0.235 e. The van der Waals surface area contributed by atoms with Gasteiger partial charge in [-0.2, -0.15) is 0 Å². The topological polar surface area (TPSA) is 49.4 Å². The summed E-state index contributed by atoms with van der Waals surface area (Å²) in [7, 11) is -3.16. The molecule has 0 unspecified atom stereocenters. The molecular weight excluding hydrogens is 248 g/mol. The second-order valence-electron chi connectivity index (χ2n) is 4.47. The molecule has 0 amide bonds. The van der Waals surface area contributed by atoms with Gasteiger partial charge in [0.1, 0.15) is 0 Å². The van der Waals surface area contributed by atoms with Gasteiger partial charge in [0.25, 0.3) is 0 Å². The van der Waals surface area contributed by atoms with Gasteiger partial charge in [0.15, 0.2) is 0 Å². The van der Waals surface area contributed by atoms with Crippen LogP contribution in [0.5, 0.6) is 0 Å². The molecular formula is C13H20N2O2S. The number of anilines is 1. The number of hydrogen-bond acceptors (Lipinski definition) is 3. The molecule has 0 spiro atoms. The van der Waals surface area contributed by atoms with Gasteiger partial charge >= 0.3 is 0 Å². The van der Waals surface area contributed by atoms with Crippen LogP contribution in [0.15, 0.2) is 24.3 Å². The zero-order valence-electron chi connectivity index (χ0n) is 10.7. The molecule has 0 bridgehead atoms. The smallest absolute Gasteiger partial charge is 0.235 e. The van der Waals surface area contributed by atoms with Crippen LogP contribution in [0.2, 0.25) is 0 Å². The van der Waals surface area contributed by atoms with E-state index in [1.54, 1.807) is 4.31 Å². The number of sulfonamides is 1. The lowest BCUT2D eigenvalue weighted by Crippen LogP contribution is -2.32. The molecule has 2 rings (SSSR count). The Kier molecular flexibility index (Phi) is 4.24. The Hall–Kier alpha value is -1.07. The molecule has 0 fully saturated rings. The van der Waals surface area contributed by atoms with Crippen LogP contribution in [0.25, 0.3) is 0 Å². The average molecular weight is 268 g/mol. The van der Waals surface area contributed by atoms with E-state index < -0.39 is 10.0 Å². The Bertz CT molecular complexity index is 499. The Morgan fingerprint density at radius 2 is 2.11 bits per heavy atom. The SMILES string of the molecule is CCNCCCS(=O)(=O)N1CCc2ccccc21. The summed E-state index contributed by atoms with van der Waals surface area (Å²) in [5, 5.41) is 3.15. The molecule has 0 saturated heterocycles. The first-order chi connectivity index (χ1) is 8.65. The van der Waals surface area contributed by atoms with Crippen molar-refractivity contribution in [2.24, 2.45) is 0 Å². The summed E-state index contributed by atoms with van der Waals surface area (Å²) in [4.78, 5) is 0. The largest absolute Gasteiger partial charge is 0.317 e. The van der Waals surface area contributed by atoms with Gasteiger partial charge in [-0.1, -0.05) is 25.1 Å². The predicted octanol–water partition coefficient (Wildman–Crippen LogP) is 1.38. The van der Waals surface area contributed by atoms with E-state index in [0.717, 1.165) is 30.8 Å². The molecule has 1 aliphatic rings. The van der Waals surface area contributed by atoms with Gasteiger partial charge in [-0.25, -0.2) is 8.42 Å². The van der Waals surface area contributed by atoms with Crippen LogP contribution < -0.4 is 9.62 Å². The van der Waals surface area contributed by atoms with Crippen molar-refractivity contribution in [3.05, 3.63) is 29.8 Å². The van der Waals surface area contributed by atoms with Crippen LogP contribution in [-0.4, -0.2) is 33.8 Å². The van der Waals surface area contributed by atoms with Crippen LogP contribution in [0, 0.1) is 0 Å². The second kappa shape index (κ2) is 5.71. The number of nitrogens with zero attached hydrogens (tertiary/aromatic N) is 1. The second-order valence-corrected chi connectivity index (χ2v) is 6.49. The minimum absolute atomic E-state index is 0.217. The highest BCUT2D eigenvalue weighted by Gasteiger charge is 2.28. The number of hydrogen-bond donors (Lipinski definition) is 1. The van der Waals surface area contributed by atoms with E-state index in [-0.39, 0.29) is 5.75 Å². The van der Waals surface area contributed by atoms with E-state index in [0.29, 0.717) is 13.0 Å². The molecule has 100 valence electrons. The van der Waals surface area contributed by atoms with Gasteiger partial charge in [0, 0.05) is 6.54 Å². The fourth-order valence-corrected chi connectivity index (χ4v) is 3.84. The van der Waals surface area contributed by atoms with E-state index in [9.17, 15) is 8.42 Å². The maximum absolute atomic E-state index is 12.3. The molecule has 0 aliphatic carbocycles. The van der Waals surface area contributed by atoms with E-state index >= 15 is 0 Å². The van der Waals surface area contributed by atoms with E-state index in [4.69, 9.17) is 0 Å². The van der Waals surface area contributed by atoms with Crippen LogP contribution in [0.4, 0.5) is 5.69 Å². The summed E-state index contributed by atoms with van der Waals surface area (Å²) >= 11 is 0. The predicted molar refractivity (Wildman–Crippen MR) is 74.4 cm³/mol. The van der Waals surface area contributed by atoms with Crippen molar-refractivity contribution in [3.8, 4) is 0 Å². The van der Waals surface area contributed by atoms with Crippen molar-refractivity contribution in [1.82, 2.24) is 5.32 Å². The van der Waals surface area contributed by atoms with Crippen molar-refractivity contribution in [1.29, 1.82) is 0 Å². The quantitative estimate of drug-likeness (QED) is 0.793. The monoisotopic (exact) mass is 268 g/mol. The molecule has 18 heavy (non-hydrogen) atoms. The maximum atomic E-state index is 12.3. The number of para-hydroxylation sites is 1. The Morgan fingerprint density at radius 3 is 2.89 bits per heavy atom. The molecule has 5 heteroatoms. The molecule has 4 nitrogen and oxygen atoms in total. The lowest BCUT2D eigenvalue weighted by Gasteiger charge is -2.19. The van der Waals surface area contributed by atoms with E-state index in [2.05, 4.69) is 5.32 Å². The van der Waals surface area contributed by atoms with Gasteiger partial charge in [-0.15, -0.1) is 0 Å². The van der Waals surface area contributed by atoms with Crippen LogP contribution in [0.3, 0.4) is 0 Å². The molecule has 0 radical (unpaired) electrons. The molecule has 1 heterocycles. The molecule has 1 aliphatic heterocycles. The van der Waals surface area contributed by atoms with E-state index in [1.807, 2.05) is 31.2 Å². The van der Waals surface area contributed by atoms with Gasteiger partial charge < -0.3 is 5.32 Å². The third-order valence-electron chi connectivity index (χ3n) is 3.19. The fraction of sp³-hybridized carbons (Fsp3) is 0.538. The molecule has 1 N–H and O–H groups in total. The zero-order chi connectivity index (χ0) is 13.0. The minimum atomic E-state index is -3.16. The number of nitrogens with one attached hydrogen (secondary N) is 1. The molecule has 1 aromatic carbocycles. The third-order valence-corrected chi connectivity index (χ3v) is 5.04. The highest BCUT2D eigenvalue weighted by atomic mass is 32.2. The zero-order valence-corrected chi connectivity index (χ0v) is 11.5. The van der Waals surface area contributed by atoms with Crippen LogP contribution >= 0.6 is 0 Å². The Balaban J connectivity index is 2.04. The standard InChI is InChI=1S/C13H20N2O2S/c1-2-14-9-5-11-18(16,17)15-10-8-12-6-3-4-7-13(12)15/h3-4,6-7,14H,2,5,8-11H2,1H3. The lowest BCUT2D eigenvalue weighted by atomic mass is 10.2. The van der Waals surface area contributed by atoms with Crippen molar-refractivity contribution in [2.75, 3.05) is 29.7 Å². The summed E-state index contributed by atoms with van der Waals surface area (Å²) in [5.74, 6) is 0.217. The summed E-state index contributed by atoms with van der Waals surface area (Å²) in [5.41, 5.74) is 1.99. The van der Waals surface area contributed by atoms with Gasteiger partial charge in [0.2, 0.25) is 10.0 Å². The van der Waals surface area contributed by atoms with Crippen molar-refractivity contribution >= 4 is 15.7 Å². The van der Waals surface area contributed by atoms with Crippen molar-refractivity contribution in [3.63, 3.8) is 0 Å². The number of benzene rings is 1. The minimum Gasteiger partial charge on any atom is -0.317 e. The first kappa shape index (κ1) is 13.4. The summed E-state index contributed by atoms with van der Waals surface area (Å²) < 4.78 is 26.1. The highest BCUT2D eigenvalue weighted by Crippen LogP contribution is 2.30. The first-order valence-corrected chi connectivity index (χ1v) is 8.05. The lowest BCUT2D eigenvalue weighted by molar-refractivity contribution is 0.586. The van der Waals surface area contributed by atoms with Crippen LogP contribution in [0.1, 0.15) is 18.9 Å². The normalized spacial score (nSPS) is 14.8. The number of rotatable bonds is 6. The van der Waals surface area contributed by atoms with E-state index in [1.165, 1.54) is 0 Å². The summed E-state index contributed by atoms with van der Waals surface area (Å²) in [6.45, 7) is 4.24. The van der Waals surface area contributed by atoms with Gasteiger partial charge in [-0.3, -0.25) is 4.31 Å². The van der Waals surface area contributed by atoms with Crippen LogP contribution in [-0.2, 0) is 16.4 Å². The third kappa shape index (κ3) is 2.84. The molecule has 0 atom stereocenters. The molecule has 0 aromatic heterocycles. The summed E-state index contributed by atoms with van der Waals surface area (Å²) in [6.07, 6.45) is 1.48. The molecule has 0 saturated carbocycles. The first-order valence-electron chi connectivity index (χ1n) is 6.44. The van der Waals surface area contributed by atoms with Gasteiger partial charge in [-0.05, 0) is 37.6 Å². The number of fused-ring (bicyclic) bond motifs is 1. The molecule has 1 aromatic rings. The average Bonchev–Trinajstić information content (AvgIpc) is 2.79. The summed E-state index contributed by atoms with van der Waals surface area (Å²) in [6, 6.07) is 7.75. The Labute approximate surface area is 109 Å².